The van der Waals surface area contributed by atoms with Gasteiger partial charge in [-0.25, -0.2) is 0 Å². The van der Waals surface area contributed by atoms with Crippen LogP contribution in [-0.2, 0) is 11.3 Å². The first-order valence-corrected chi connectivity index (χ1v) is 7.96. The maximum absolute atomic E-state index is 12.6. The molecule has 1 aliphatic heterocycles. The molecule has 2 rings (SSSR count). The maximum Gasteiger partial charge on any atom is 0.257 e. The molecule has 2 heterocycles. The van der Waals surface area contributed by atoms with E-state index in [4.69, 9.17) is 5.73 Å². The summed E-state index contributed by atoms with van der Waals surface area (Å²) in [5, 5.41) is 7.03. The van der Waals surface area contributed by atoms with Gasteiger partial charge in [0.2, 0.25) is 5.91 Å². The van der Waals surface area contributed by atoms with Crippen molar-refractivity contribution in [2.45, 2.75) is 45.2 Å². The third-order valence-corrected chi connectivity index (χ3v) is 4.00. The van der Waals surface area contributed by atoms with Gasteiger partial charge in [0.15, 0.2) is 0 Å². The van der Waals surface area contributed by atoms with Crippen LogP contribution in [0.3, 0.4) is 0 Å². The van der Waals surface area contributed by atoms with Gasteiger partial charge >= 0.3 is 0 Å². The van der Waals surface area contributed by atoms with Crippen molar-refractivity contribution >= 4 is 11.8 Å². The van der Waals surface area contributed by atoms with E-state index in [2.05, 4.69) is 10.4 Å². The molecule has 22 heavy (non-hydrogen) atoms. The highest BCUT2D eigenvalue weighted by atomic mass is 16.2. The lowest BCUT2D eigenvalue weighted by Crippen LogP contribution is -2.49. The minimum absolute atomic E-state index is 0.00234. The molecule has 1 aromatic rings. The maximum atomic E-state index is 12.6. The van der Waals surface area contributed by atoms with Crippen molar-refractivity contribution in [2.75, 3.05) is 19.6 Å². The molecule has 1 fully saturated rings. The number of nitrogens with zero attached hydrogens (tertiary/aromatic N) is 3. The number of aromatic nitrogens is 2. The first-order chi connectivity index (χ1) is 10.7. The number of rotatable bonds is 6. The summed E-state index contributed by atoms with van der Waals surface area (Å²) in [5.74, 6) is -0.0586. The molecule has 0 saturated carbocycles. The highest BCUT2D eigenvalue weighted by Crippen LogP contribution is 2.19. The Morgan fingerprint density at radius 1 is 1.45 bits per heavy atom. The molecule has 3 N–H and O–H groups in total. The molecule has 122 valence electrons. The van der Waals surface area contributed by atoms with Gasteiger partial charge in [-0.1, -0.05) is 0 Å². The smallest absolute Gasteiger partial charge is 0.257 e. The van der Waals surface area contributed by atoms with Crippen LogP contribution in [0.15, 0.2) is 12.4 Å². The average molecular weight is 307 g/mol. The van der Waals surface area contributed by atoms with E-state index in [0.717, 1.165) is 32.4 Å². The van der Waals surface area contributed by atoms with Crippen molar-refractivity contribution in [3.8, 4) is 0 Å². The summed E-state index contributed by atoms with van der Waals surface area (Å²) in [6.07, 6.45) is 6.71. The standard InChI is InChI=1S/C15H25N5O2/c1-2-19-11-12(9-18-19)15(22)20-8-4-3-5-13(20)10-17-14(21)6-7-16/h9,11,13H,2-8,10,16H2,1H3,(H,17,21). The molecule has 1 saturated heterocycles. The van der Waals surface area contributed by atoms with Crippen molar-refractivity contribution in [2.24, 2.45) is 5.73 Å². The number of piperidine rings is 1. The molecule has 0 spiro atoms. The number of nitrogens with two attached hydrogens (primary N) is 1. The highest BCUT2D eigenvalue weighted by molar-refractivity contribution is 5.94. The number of hydrogen-bond acceptors (Lipinski definition) is 4. The lowest BCUT2D eigenvalue weighted by molar-refractivity contribution is -0.121. The molecule has 7 nitrogen and oxygen atoms in total. The van der Waals surface area contributed by atoms with E-state index in [-0.39, 0.29) is 17.9 Å². The minimum atomic E-state index is -0.0562. The third-order valence-electron chi connectivity index (χ3n) is 4.00. The number of nitrogens with one attached hydrogen (secondary N) is 1. The molecule has 2 amide bonds. The van der Waals surface area contributed by atoms with Gasteiger partial charge in [-0.15, -0.1) is 0 Å². The summed E-state index contributed by atoms with van der Waals surface area (Å²) in [6.45, 7) is 4.29. The van der Waals surface area contributed by atoms with Crippen LogP contribution < -0.4 is 11.1 Å². The number of carbonyl (C=O) groups is 2. The second kappa shape index (κ2) is 7.93. The van der Waals surface area contributed by atoms with Crippen LogP contribution in [0.5, 0.6) is 0 Å². The summed E-state index contributed by atoms with van der Waals surface area (Å²) in [5.41, 5.74) is 5.98. The van der Waals surface area contributed by atoms with Gasteiger partial charge in [0.05, 0.1) is 11.8 Å². The van der Waals surface area contributed by atoms with Crippen LogP contribution >= 0.6 is 0 Å². The van der Waals surface area contributed by atoms with Crippen molar-refractivity contribution in [1.82, 2.24) is 20.0 Å². The van der Waals surface area contributed by atoms with Gasteiger partial charge in [0, 0.05) is 44.8 Å². The fraction of sp³-hybridized carbons (Fsp3) is 0.667. The Morgan fingerprint density at radius 2 is 2.27 bits per heavy atom. The Bertz CT molecular complexity index is 514. The van der Waals surface area contributed by atoms with Crippen molar-refractivity contribution in [1.29, 1.82) is 0 Å². The molecule has 0 radical (unpaired) electrons. The fourth-order valence-electron chi connectivity index (χ4n) is 2.74. The van der Waals surface area contributed by atoms with Gasteiger partial charge in [0.25, 0.3) is 5.91 Å². The fourth-order valence-corrected chi connectivity index (χ4v) is 2.74. The lowest BCUT2D eigenvalue weighted by atomic mass is 10.0. The van der Waals surface area contributed by atoms with Crippen LogP contribution in [-0.4, -0.2) is 52.2 Å². The summed E-state index contributed by atoms with van der Waals surface area (Å²) in [7, 11) is 0. The molecule has 1 unspecified atom stereocenters. The van der Waals surface area contributed by atoms with Crippen LogP contribution in [0.4, 0.5) is 0 Å². The molecule has 0 bridgehead atoms. The van der Waals surface area contributed by atoms with Crippen LogP contribution in [0.1, 0.15) is 43.0 Å². The van der Waals surface area contributed by atoms with Crippen LogP contribution in [0.2, 0.25) is 0 Å². The third kappa shape index (κ3) is 4.07. The van der Waals surface area contributed by atoms with Gasteiger partial charge in [0.1, 0.15) is 0 Å². The number of carbonyl (C=O) groups excluding carboxylic acids is 2. The van der Waals surface area contributed by atoms with Crippen molar-refractivity contribution in [3.63, 3.8) is 0 Å². The van der Waals surface area contributed by atoms with Crippen molar-refractivity contribution < 1.29 is 9.59 Å². The monoisotopic (exact) mass is 307 g/mol. The summed E-state index contributed by atoms with van der Waals surface area (Å²) in [4.78, 5) is 26.1. The van der Waals surface area contributed by atoms with E-state index in [9.17, 15) is 9.59 Å². The first kappa shape index (κ1) is 16.5. The zero-order chi connectivity index (χ0) is 15.9. The molecule has 0 aromatic carbocycles. The SMILES string of the molecule is CCn1cc(C(=O)N2CCCCC2CNC(=O)CCN)cn1. The quantitative estimate of drug-likeness (QED) is 0.793. The Morgan fingerprint density at radius 3 is 2.95 bits per heavy atom. The number of aryl methyl sites for hydroxylation is 1. The summed E-state index contributed by atoms with van der Waals surface area (Å²) in [6, 6.07) is 0.0490. The molecule has 1 atom stereocenters. The highest BCUT2D eigenvalue weighted by Gasteiger charge is 2.28. The van der Waals surface area contributed by atoms with Gasteiger partial charge in [-0.3, -0.25) is 14.3 Å². The molecular weight excluding hydrogens is 282 g/mol. The molecule has 1 aliphatic rings. The Hall–Kier alpha value is -1.89. The zero-order valence-corrected chi connectivity index (χ0v) is 13.1. The predicted octanol–water partition coefficient (Wildman–Crippen LogP) is 0.363. The first-order valence-electron chi connectivity index (χ1n) is 7.96. The van der Waals surface area contributed by atoms with Gasteiger partial charge < -0.3 is 16.0 Å². The topological polar surface area (TPSA) is 93.2 Å². The second-order valence-electron chi connectivity index (χ2n) is 5.58. The van der Waals surface area contributed by atoms with Crippen LogP contribution in [0, 0.1) is 0 Å². The Labute approximate surface area is 130 Å². The molecule has 7 heteroatoms. The second-order valence-corrected chi connectivity index (χ2v) is 5.58. The molecule has 0 aliphatic carbocycles. The van der Waals surface area contributed by atoms with E-state index in [1.807, 2.05) is 11.8 Å². The predicted molar refractivity (Wildman–Crippen MR) is 83.3 cm³/mol. The molecular formula is C15H25N5O2. The Kier molecular flexibility index (Phi) is 5.94. The number of amides is 2. The lowest BCUT2D eigenvalue weighted by Gasteiger charge is -2.35. The minimum Gasteiger partial charge on any atom is -0.354 e. The van der Waals surface area contributed by atoms with E-state index in [1.165, 1.54) is 0 Å². The summed E-state index contributed by atoms with van der Waals surface area (Å²) < 4.78 is 1.75. The number of likely N-dealkylation sites (tertiary alicyclic amines) is 1. The van der Waals surface area contributed by atoms with Crippen molar-refractivity contribution in [3.05, 3.63) is 18.0 Å². The van der Waals surface area contributed by atoms with E-state index < -0.39 is 0 Å². The largest absolute Gasteiger partial charge is 0.354 e. The normalized spacial score (nSPS) is 18.3. The Balaban J connectivity index is 1.99. The zero-order valence-electron chi connectivity index (χ0n) is 13.1. The van der Waals surface area contributed by atoms with Gasteiger partial charge in [-0.2, -0.15) is 5.10 Å². The van der Waals surface area contributed by atoms with E-state index in [0.29, 0.717) is 25.1 Å². The van der Waals surface area contributed by atoms with Crippen LogP contribution in [0.25, 0.3) is 0 Å². The number of hydrogen-bond donors (Lipinski definition) is 2. The van der Waals surface area contributed by atoms with E-state index in [1.54, 1.807) is 17.1 Å². The van der Waals surface area contributed by atoms with E-state index >= 15 is 0 Å². The summed E-state index contributed by atoms with van der Waals surface area (Å²) >= 11 is 0. The average Bonchev–Trinajstić information content (AvgIpc) is 3.02. The van der Waals surface area contributed by atoms with Gasteiger partial charge in [-0.05, 0) is 26.2 Å². The molecule has 1 aromatic heterocycles.